The molecule has 9 rings (SSSR count). The molecule has 2 aromatic carbocycles. The zero-order valence-electron chi connectivity index (χ0n) is 31.8. The summed E-state index contributed by atoms with van der Waals surface area (Å²) in [5.74, 6) is -0.535. The van der Waals surface area contributed by atoms with Gasteiger partial charge in [0.05, 0.1) is 46.5 Å². The largest absolute Gasteiger partial charge is 0.472 e. The second kappa shape index (κ2) is 13.4. The van der Waals surface area contributed by atoms with Gasteiger partial charge in [-0.1, -0.05) is 49.8 Å². The second-order valence-electron chi connectivity index (χ2n) is 17.1. The van der Waals surface area contributed by atoms with Gasteiger partial charge < -0.3 is 19.0 Å². The van der Waals surface area contributed by atoms with E-state index in [9.17, 15) is 24.3 Å². The van der Waals surface area contributed by atoms with Gasteiger partial charge in [0.1, 0.15) is 5.60 Å². The molecule has 0 spiro atoms. The Bertz CT molecular complexity index is 2010. The number of aliphatic hydroxyl groups is 1. The molecule has 1 N–H and O–H groups in total. The van der Waals surface area contributed by atoms with E-state index >= 15 is 0 Å². The van der Waals surface area contributed by atoms with Crippen molar-refractivity contribution in [3.05, 3.63) is 107 Å². The van der Waals surface area contributed by atoms with Crippen LogP contribution in [0.15, 0.2) is 83.2 Å². The molecule has 0 saturated heterocycles. The van der Waals surface area contributed by atoms with Crippen molar-refractivity contribution in [2.45, 2.75) is 95.4 Å². The molecule has 0 bridgehead atoms. The minimum absolute atomic E-state index is 0.00678. The Morgan fingerprint density at radius 1 is 0.727 bits per heavy atom. The number of hydrogen-bond donors (Lipinski definition) is 1. The molecule has 1 aromatic heterocycles. The van der Waals surface area contributed by atoms with Gasteiger partial charge in [0, 0.05) is 37.3 Å². The van der Waals surface area contributed by atoms with Crippen LogP contribution in [0.5, 0.6) is 0 Å². The van der Waals surface area contributed by atoms with Gasteiger partial charge >= 0.3 is 0 Å². The van der Waals surface area contributed by atoms with E-state index < -0.39 is 16.6 Å². The topological polar surface area (TPSA) is 127 Å². The molecule has 3 saturated carbocycles. The van der Waals surface area contributed by atoms with Crippen molar-refractivity contribution in [3.8, 4) is 0 Å². The molecule has 4 amide bonds. The van der Waals surface area contributed by atoms with Crippen molar-refractivity contribution in [2.75, 3.05) is 26.3 Å². The van der Waals surface area contributed by atoms with Crippen LogP contribution < -0.4 is 0 Å². The normalized spacial score (nSPS) is 33.7. The molecule has 4 aliphatic carbocycles. The van der Waals surface area contributed by atoms with Crippen LogP contribution in [0.2, 0.25) is 0 Å². The maximum Gasteiger partial charge on any atom is 0.261 e. The fraction of sp³-hybridized carbons (Fsp3) is 0.511. The number of hydrogen-bond acceptors (Lipinski definition) is 8. The van der Waals surface area contributed by atoms with Crippen molar-refractivity contribution in [2.24, 2.45) is 22.7 Å². The number of ether oxygens (including phenoxy) is 2. The second-order valence-corrected chi connectivity index (χ2v) is 17.1. The average molecular weight is 747 g/mol. The number of carbonyl (C=O) groups is 4. The molecule has 55 heavy (non-hydrogen) atoms. The summed E-state index contributed by atoms with van der Waals surface area (Å²) >= 11 is 0. The summed E-state index contributed by atoms with van der Waals surface area (Å²) < 4.78 is 19.0. The van der Waals surface area contributed by atoms with Crippen LogP contribution in [0.3, 0.4) is 0 Å². The zero-order valence-corrected chi connectivity index (χ0v) is 31.8. The Hall–Kier alpha value is -4.38. The minimum Gasteiger partial charge on any atom is -0.472 e. The molecule has 10 heteroatoms. The molecule has 6 aliphatic rings. The van der Waals surface area contributed by atoms with Gasteiger partial charge in [-0.3, -0.25) is 29.0 Å². The molecule has 288 valence electrons. The molecule has 0 radical (unpaired) electrons. The number of imide groups is 2. The average Bonchev–Trinajstić information content (AvgIpc) is 3.93. The van der Waals surface area contributed by atoms with Crippen molar-refractivity contribution in [1.29, 1.82) is 0 Å². The van der Waals surface area contributed by atoms with Crippen molar-refractivity contribution in [3.63, 3.8) is 0 Å². The monoisotopic (exact) mass is 746 g/mol. The van der Waals surface area contributed by atoms with Gasteiger partial charge in [0.15, 0.2) is 0 Å². The molecule has 3 aromatic rings. The van der Waals surface area contributed by atoms with E-state index in [-0.39, 0.29) is 47.6 Å². The fourth-order valence-corrected chi connectivity index (χ4v) is 11.9. The molecule has 0 unspecified atom stereocenters. The zero-order chi connectivity index (χ0) is 38.2. The number of nitrogens with zero attached hydrogens (tertiary/aromatic N) is 2. The number of rotatable bonds is 11. The highest BCUT2D eigenvalue weighted by Crippen LogP contribution is 2.72. The maximum atomic E-state index is 13.1. The number of allylic oxidation sites excluding steroid dienone is 1. The highest BCUT2D eigenvalue weighted by molar-refractivity contribution is 6.22. The van der Waals surface area contributed by atoms with Gasteiger partial charge in [-0.25, -0.2) is 0 Å². The number of amides is 4. The van der Waals surface area contributed by atoms with Crippen molar-refractivity contribution >= 4 is 23.6 Å². The molecule has 7 atom stereocenters. The summed E-state index contributed by atoms with van der Waals surface area (Å²) in [6.07, 6.45) is 13.6. The quantitative estimate of drug-likeness (QED) is 0.123. The summed E-state index contributed by atoms with van der Waals surface area (Å²) in [6.45, 7) is 6.02. The summed E-state index contributed by atoms with van der Waals surface area (Å²) in [7, 11) is 0. The first-order valence-electron chi connectivity index (χ1n) is 20.1. The van der Waals surface area contributed by atoms with Crippen LogP contribution in [0, 0.1) is 22.7 Å². The highest BCUT2D eigenvalue weighted by Gasteiger charge is 2.72. The Kier molecular flexibility index (Phi) is 8.83. The van der Waals surface area contributed by atoms with Crippen LogP contribution in [0.1, 0.15) is 125 Å². The highest BCUT2D eigenvalue weighted by atomic mass is 16.5. The van der Waals surface area contributed by atoms with Crippen LogP contribution in [0.4, 0.5) is 0 Å². The van der Waals surface area contributed by atoms with Crippen molar-refractivity contribution in [1.82, 2.24) is 9.80 Å². The lowest BCUT2D eigenvalue weighted by molar-refractivity contribution is -0.235. The first kappa shape index (κ1) is 36.3. The Morgan fingerprint density at radius 3 is 1.91 bits per heavy atom. The number of carbonyl (C=O) groups excluding carboxylic acids is 4. The fourth-order valence-electron chi connectivity index (χ4n) is 11.9. The minimum atomic E-state index is -0.943. The first-order chi connectivity index (χ1) is 26.5. The van der Waals surface area contributed by atoms with E-state index in [4.69, 9.17) is 13.9 Å². The van der Waals surface area contributed by atoms with Gasteiger partial charge in [0.25, 0.3) is 23.6 Å². The standard InChI is InChI=1S/C45H50N2O8/c1-42-18-15-31(54-24-7-22-46-38(48)32-9-3-4-10-33(32)39(46)49)27-29(42)13-14-37-36(42)16-19-43(2)44(37,52)20-21-45(43,30-17-26-53-28-30)55-25-8-23-47-40(50)34-11-5-6-12-35(34)41(47)51/h3-6,9-12,17,26-28,31,36-37,52H,7-8,13-16,18-25H2,1-2H3/t31-,36-,37+,42-,43-,44+,45-/m0/s1. The Labute approximate surface area is 321 Å². The van der Waals surface area contributed by atoms with Gasteiger partial charge in [-0.15, -0.1) is 0 Å². The third-order valence-corrected chi connectivity index (χ3v) is 14.8. The summed E-state index contributed by atoms with van der Waals surface area (Å²) in [5.41, 5.74) is 1.90. The summed E-state index contributed by atoms with van der Waals surface area (Å²) in [5, 5.41) is 13.1. The van der Waals surface area contributed by atoms with Crippen LogP contribution in [0.25, 0.3) is 0 Å². The van der Waals surface area contributed by atoms with Gasteiger partial charge in [-0.05, 0) is 112 Å². The van der Waals surface area contributed by atoms with E-state index in [1.807, 2.05) is 6.07 Å². The van der Waals surface area contributed by atoms with E-state index in [0.717, 1.165) is 44.1 Å². The molecular formula is C45H50N2O8. The molecule has 3 fully saturated rings. The number of furan rings is 1. The summed E-state index contributed by atoms with van der Waals surface area (Å²) in [4.78, 5) is 54.2. The predicted octanol–water partition coefficient (Wildman–Crippen LogP) is 7.33. The van der Waals surface area contributed by atoms with E-state index in [0.29, 0.717) is 73.6 Å². The maximum absolute atomic E-state index is 13.1. The van der Waals surface area contributed by atoms with Crippen LogP contribution >= 0.6 is 0 Å². The van der Waals surface area contributed by atoms with Crippen LogP contribution in [-0.2, 0) is 15.1 Å². The number of benzene rings is 2. The predicted molar refractivity (Wildman–Crippen MR) is 202 cm³/mol. The smallest absolute Gasteiger partial charge is 0.261 e. The first-order valence-corrected chi connectivity index (χ1v) is 20.1. The number of fused-ring (bicyclic) bond motifs is 7. The Morgan fingerprint density at radius 2 is 1.33 bits per heavy atom. The third-order valence-electron chi connectivity index (χ3n) is 14.8. The summed E-state index contributed by atoms with van der Waals surface area (Å²) in [6, 6.07) is 15.9. The lowest BCUT2D eigenvalue weighted by Gasteiger charge is -2.63. The lowest BCUT2D eigenvalue weighted by atomic mass is 9.44. The van der Waals surface area contributed by atoms with Gasteiger partial charge in [0.2, 0.25) is 0 Å². The Balaban J connectivity index is 0.855. The van der Waals surface area contributed by atoms with E-state index in [1.54, 1.807) is 61.1 Å². The lowest BCUT2D eigenvalue weighted by Crippen LogP contribution is -2.64. The third kappa shape index (κ3) is 5.31. The van der Waals surface area contributed by atoms with Crippen molar-refractivity contribution < 1.29 is 38.2 Å². The van der Waals surface area contributed by atoms with Crippen LogP contribution in [-0.4, -0.2) is 76.5 Å². The SMILES string of the molecule is C[C@]12CC[C@H]3[C@@H](CCC4=C[C@@H](OCCCN5C(=O)c6ccccc6C5=O)CC[C@@]43C)[C@]1(O)CC[C@]2(OCCCN1C(=O)c2ccccc2C1=O)c1ccoc1. The van der Waals surface area contributed by atoms with Gasteiger partial charge in [-0.2, -0.15) is 0 Å². The molecule has 2 aliphatic heterocycles. The van der Waals surface area contributed by atoms with E-state index in [2.05, 4.69) is 19.9 Å². The molecule has 3 heterocycles. The van der Waals surface area contributed by atoms with E-state index in [1.165, 1.54) is 15.4 Å². The molecular weight excluding hydrogens is 697 g/mol. The molecule has 10 nitrogen and oxygen atoms in total.